The van der Waals surface area contributed by atoms with Crippen LogP contribution < -0.4 is 0 Å². The van der Waals surface area contributed by atoms with Crippen LogP contribution in [-0.2, 0) is 9.53 Å². The number of epoxide rings is 1. The second-order valence-electron chi connectivity index (χ2n) is 5.04. The van der Waals surface area contributed by atoms with Crippen LogP contribution in [0.25, 0.3) is 0 Å². The molecule has 0 bridgehead atoms. The number of hydrogen-bond donors (Lipinski definition) is 0. The standard InChI is InChI=1S/C13H24N2O2/c1-3-15(4-2)13(16)11-5-7-14(8-6-11)9-12-10-17-12/h11-12H,3-10H2,1-2H3. The maximum Gasteiger partial charge on any atom is 0.225 e. The Bertz CT molecular complexity index is 254. The molecule has 0 aliphatic carbocycles. The zero-order valence-electron chi connectivity index (χ0n) is 11.0. The molecule has 0 aromatic heterocycles. The number of piperidine rings is 1. The van der Waals surface area contributed by atoms with Gasteiger partial charge in [0.1, 0.15) is 0 Å². The fourth-order valence-electron chi connectivity index (χ4n) is 2.62. The molecule has 1 unspecified atom stereocenters. The lowest BCUT2D eigenvalue weighted by molar-refractivity contribution is -0.136. The van der Waals surface area contributed by atoms with E-state index in [0.717, 1.165) is 52.2 Å². The molecule has 2 aliphatic rings. The molecule has 17 heavy (non-hydrogen) atoms. The average Bonchev–Trinajstić information content (AvgIpc) is 3.15. The highest BCUT2D eigenvalue weighted by Gasteiger charge is 2.31. The summed E-state index contributed by atoms with van der Waals surface area (Å²) in [5.74, 6) is 0.614. The van der Waals surface area contributed by atoms with Crippen molar-refractivity contribution in [1.82, 2.24) is 9.80 Å². The first-order valence-corrected chi connectivity index (χ1v) is 6.87. The molecule has 2 fully saturated rings. The van der Waals surface area contributed by atoms with Crippen molar-refractivity contribution < 1.29 is 9.53 Å². The Morgan fingerprint density at radius 1 is 1.29 bits per heavy atom. The summed E-state index contributed by atoms with van der Waals surface area (Å²) in [5.41, 5.74) is 0. The van der Waals surface area contributed by atoms with E-state index in [1.807, 2.05) is 4.90 Å². The number of ether oxygens (including phenoxy) is 1. The van der Waals surface area contributed by atoms with Gasteiger partial charge in [0.25, 0.3) is 0 Å². The molecule has 2 rings (SSSR count). The van der Waals surface area contributed by atoms with Crippen LogP contribution in [0.3, 0.4) is 0 Å². The molecular formula is C13H24N2O2. The van der Waals surface area contributed by atoms with E-state index in [0.29, 0.717) is 12.0 Å². The second kappa shape index (κ2) is 5.83. The van der Waals surface area contributed by atoms with Crippen LogP contribution in [0.2, 0.25) is 0 Å². The van der Waals surface area contributed by atoms with Crippen molar-refractivity contribution in [2.45, 2.75) is 32.8 Å². The van der Waals surface area contributed by atoms with E-state index in [-0.39, 0.29) is 5.92 Å². The minimum Gasteiger partial charge on any atom is -0.372 e. The molecule has 1 amide bonds. The molecule has 1 atom stereocenters. The Labute approximate surface area is 104 Å². The average molecular weight is 240 g/mol. The van der Waals surface area contributed by atoms with Crippen molar-refractivity contribution in [1.29, 1.82) is 0 Å². The summed E-state index contributed by atoms with van der Waals surface area (Å²) in [4.78, 5) is 16.6. The largest absolute Gasteiger partial charge is 0.372 e. The third-order valence-corrected chi connectivity index (χ3v) is 3.88. The molecule has 4 nitrogen and oxygen atoms in total. The van der Waals surface area contributed by atoms with Gasteiger partial charge in [0.05, 0.1) is 12.7 Å². The molecule has 0 N–H and O–H groups in total. The lowest BCUT2D eigenvalue weighted by Crippen LogP contribution is -2.43. The van der Waals surface area contributed by atoms with E-state index < -0.39 is 0 Å². The zero-order valence-corrected chi connectivity index (χ0v) is 11.0. The van der Waals surface area contributed by atoms with E-state index in [9.17, 15) is 4.79 Å². The number of carbonyl (C=O) groups excluding carboxylic acids is 1. The monoisotopic (exact) mass is 240 g/mol. The van der Waals surface area contributed by atoms with Crippen LogP contribution in [0.1, 0.15) is 26.7 Å². The van der Waals surface area contributed by atoms with Gasteiger partial charge in [-0.1, -0.05) is 0 Å². The fourth-order valence-corrected chi connectivity index (χ4v) is 2.62. The minimum absolute atomic E-state index is 0.256. The van der Waals surface area contributed by atoms with E-state index in [1.165, 1.54) is 0 Å². The summed E-state index contributed by atoms with van der Waals surface area (Å²) in [7, 11) is 0. The maximum absolute atomic E-state index is 12.2. The number of nitrogens with zero attached hydrogens (tertiary/aromatic N) is 2. The summed E-state index contributed by atoms with van der Waals surface area (Å²) < 4.78 is 5.24. The third kappa shape index (κ3) is 3.42. The molecule has 0 radical (unpaired) electrons. The number of rotatable bonds is 5. The van der Waals surface area contributed by atoms with Gasteiger partial charge in [0.15, 0.2) is 0 Å². The topological polar surface area (TPSA) is 36.1 Å². The Hall–Kier alpha value is -0.610. The van der Waals surface area contributed by atoms with Gasteiger partial charge in [-0.05, 0) is 39.8 Å². The van der Waals surface area contributed by atoms with Gasteiger partial charge in [0, 0.05) is 25.6 Å². The second-order valence-corrected chi connectivity index (χ2v) is 5.04. The van der Waals surface area contributed by atoms with Crippen molar-refractivity contribution >= 4 is 5.91 Å². The number of hydrogen-bond acceptors (Lipinski definition) is 3. The van der Waals surface area contributed by atoms with Crippen molar-refractivity contribution in [2.75, 3.05) is 39.3 Å². The Morgan fingerprint density at radius 3 is 2.35 bits per heavy atom. The molecular weight excluding hydrogens is 216 g/mol. The first kappa shape index (κ1) is 12.8. The van der Waals surface area contributed by atoms with Crippen LogP contribution in [0.4, 0.5) is 0 Å². The molecule has 0 spiro atoms. The SMILES string of the molecule is CCN(CC)C(=O)C1CCN(CC2CO2)CC1. The quantitative estimate of drug-likeness (QED) is 0.672. The molecule has 2 saturated heterocycles. The van der Waals surface area contributed by atoms with E-state index >= 15 is 0 Å². The third-order valence-electron chi connectivity index (χ3n) is 3.88. The van der Waals surface area contributed by atoms with Crippen LogP contribution >= 0.6 is 0 Å². The van der Waals surface area contributed by atoms with Gasteiger partial charge in [-0.25, -0.2) is 0 Å². The van der Waals surface area contributed by atoms with Gasteiger partial charge in [0.2, 0.25) is 5.91 Å². The predicted octanol–water partition coefficient (Wildman–Crippen LogP) is 0.966. The van der Waals surface area contributed by atoms with Crippen molar-refractivity contribution in [2.24, 2.45) is 5.92 Å². The highest BCUT2D eigenvalue weighted by Crippen LogP contribution is 2.21. The smallest absolute Gasteiger partial charge is 0.225 e. The molecule has 98 valence electrons. The van der Waals surface area contributed by atoms with Gasteiger partial charge in [-0.3, -0.25) is 4.79 Å². The Kier molecular flexibility index (Phi) is 4.40. The lowest BCUT2D eigenvalue weighted by Gasteiger charge is -2.33. The van der Waals surface area contributed by atoms with E-state index in [4.69, 9.17) is 4.74 Å². The molecule has 0 aromatic rings. The van der Waals surface area contributed by atoms with Crippen molar-refractivity contribution in [3.8, 4) is 0 Å². The lowest BCUT2D eigenvalue weighted by atomic mass is 9.95. The first-order valence-electron chi connectivity index (χ1n) is 6.87. The van der Waals surface area contributed by atoms with Gasteiger partial charge in [-0.15, -0.1) is 0 Å². The normalized spacial score (nSPS) is 25.9. The number of likely N-dealkylation sites (tertiary alicyclic amines) is 1. The number of amides is 1. The summed E-state index contributed by atoms with van der Waals surface area (Å²) in [6.07, 6.45) is 2.51. The molecule has 0 aromatic carbocycles. The van der Waals surface area contributed by atoms with E-state index in [2.05, 4.69) is 18.7 Å². The summed E-state index contributed by atoms with van der Waals surface area (Å²) in [6, 6.07) is 0. The maximum atomic E-state index is 12.2. The predicted molar refractivity (Wildman–Crippen MR) is 66.8 cm³/mol. The summed E-state index contributed by atoms with van der Waals surface area (Å²) in [5, 5.41) is 0. The van der Waals surface area contributed by atoms with Gasteiger partial charge in [-0.2, -0.15) is 0 Å². The first-order chi connectivity index (χ1) is 8.24. The van der Waals surface area contributed by atoms with E-state index in [1.54, 1.807) is 0 Å². The number of carbonyl (C=O) groups is 1. The fraction of sp³-hybridized carbons (Fsp3) is 0.923. The van der Waals surface area contributed by atoms with Crippen LogP contribution in [0, 0.1) is 5.92 Å². The molecule has 2 aliphatic heterocycles. The zero-order chi connectivity index (χ0) is 12.3. The Balaban J connectivity index is 1.75. The van der Waals surface area contributed by atoms with Crippen molar-refractivity contribution in [3.05, 3.63) is 0 Å². The highest BCUT2D eigenvalue weighted by atomic mass is 16.6. The van der Waals surface area contributed by atoms with Gasteiger partial charge < -0.3 is 14.5 Å². The minimum atomic E-state index is 0.256. The van der Waals surface area contributed by atoms with Crippen LogP contribution in [0.15, 0.2) is 0 Å². The molecule has 2 heterocycles. The van der Waals surface area contributed by atoms with Crippen LogP contribution in [0.5, 0.6) is 0 Å². The highest BCUT2D eigenvalue weighted by molar-refractivity contribution is 5.78. The Morgan fingerprint density at radius 2 is 1.88 bits per heavy atom. The van der Waals surface area contributed by atoms with Gasteiger partial charge >= 0.3 is 0 Å². The van der Waals surface area contributed by atoms with Crippen molar-refractivity contribution in [3.63, 3.8) is 0 Å². The molecule has 0 saturated carbocycles. The van der Waals surface area contributed by atoms with Crippen LogP contribution in [-0.4, -0.2) is 61.1 Å². The summed E-state index contributed by atoms with van der Waals surface area (Å²) in [6.45, 7) is 9.89. The molecule has 4 heteroatoms. The summed E-state index contributed by atoms with van der Waals surface area (Å²) >= 11 is 0.